The number of ketones is 1. The van der Waals surface area contributed by atoms with Gasteiger partial charge in [-0.3, -0.25) is 4.79 Å². The SMILES string of the molecule is CN1CC2CC(=O)CC1C2.Cl. The van der Waals surface area contributed by atoms with Crippen LogP contribution in [0.1, 0.15) is 19.3 Å². The fraction of sp³-hybridized carbons (Fsp3) is 0.875. The molecular formula is C8H14ClNO. The molecule has 0 aromatic carbocycles. The van der Waals surface area contributed by atoms with Gasteiger partial charge in [-0.2, -0.15) is 0 Å². The third kappa shape index (κ3) is 1.57. The summed E-state index contributed by atoms with van der Waals surface area (Å²) in [6.07, 6.45) is 2.93. The zero-order chi connectivity index (χ0) is 7.14. The van der Waals surface area contributed by atoms with Gasteiger partial charge in [0, 0.05) is 25.4 Å². The van der Waals surface area contributed by atoms with Crippen molar-refractivity contribution in [1.29, 1.82) is 0 Å². The average molecular weight is 176 g/mol. The fourth-order valence-corrected chi connectivity index (χ4v) is 2.25. The van der Waals surface area contributed by atoms with E-state index in [0.29, 0.717) is 17.7 Å². The van der Waals surface area contributed by atoms with Gasteiger partial charge in [0.15, 0.2) is 0 Å². The first kappa shape index (κ1) is 9.01. The Balaban J connectivity index is 0.000000605. The molecule has 2 nitrogen and oxygen atoms in total. The lowest BCUT2D eigenvalue weighted by Gasteiger charge is -2.19. The molecule has 0 aromatic heterocycles. The number of rotatable bonds is 0. The summed E-state index contributed by atoms with van der Waals surface area (Å²) in [7, 11) is 2.13. The van der Waals surface area contributed by atoms with Crippen LogP contribution in [0.2, 0.25) is 0 Å². The highest BCUT2D eigenvalue weighted by Crippen LogP contribution is 2.32. The maximum Gasteiger partial charge on any atom is 0.134 e. The van der Waals surface area contributed by atoms with E-state index >= 15 is 0 Å². The summed E-state index contributed by atoms with van der Waals surface area (Å²) >= 11 is 0. The number of carbonyl (C=O) groups excluding carboxylic acids is 1. The fourth-order valence-electron chi connectivity index (χ4n) is 2.25. The Hall–Kier alpha value is -0.0800. The lowest BCUT2D eigenvalue weighted by molar-refractivity contribution is -0.121. The van der Waals surface area contributed by atoms with Crippen LogP contribution in [0.4, 0.5) is 0 Å². The number of hydrogen-bond acceptors (Lipinski definition) is 2. The van der Waals surface area contributed by atoms with E-state index in [0.717, 1.165) is 19.4 Å². The van der Waals surface area contributed by atoms with Gasteiger partial charge in [0.1, 0.15) is 5.78 Å². The van der Waals surface area contributed by atoms with Crippen LogP contribution in [0, 0.1) is 5.92 Å². The van der Waals surface area contributed by atoms with Gasteiger partial charge in [0.25, 0.3) is 0 Å². The van der Waals surface area contributed by atoms with Crippen LogP contribution < -0.4 is 0 Å². The van der Waals surface area contributed by atoms with E-state index in [9.17, 15) is 4.79 Å². The molecule has 64 valence electrons. The van der Waals surface area contributed by atoms with E-state index in [1.807, 2.05) is 0 Å². The van der Waals surface area contributed by atoms with E-state index in [1.54, 1.807) is 0 Å². The second-order valence-corrected chi connectivity index (χ2v) is 3.64. The summed E-state index contributed by atoms with van der Waals surface area (Å²) in [5.74, 6) is 1.17. The number of Topliss-reactive ketones (excluding diaryl/α,β-unsaturated/α-hetero) is 1. The first-order valence-electron chi connectivity index (χ1n) is 3.97. The summed E-state index contributed by atoms with van der Waals surface area (Å²) in [5, 5.41) is 0. The molecule has 2 unspecified atom stereocenters. The Bertz CT molecular complexity index is 169. The average Bonchev–Trinajstić information content (AvgIpc) is 2.07. The van der Waals surface area contributed by atoms with E-state index in [1.165, 1.54) is 6.42 Å². The first-order valence-corrected chi connectivity index (χ1v) is 3.97. The first-order chi connectivity index (χ1) is 4.75. The highest BCUT2D eigenvalue weighted by molar-refractivity contribution is 5.85. The minimum Gasteiger partial charge on any atom is -0.303 e. The zero-order valence-corrected chi connectivity index (χ0v) is 7.56. The highest BCUT2D eigenvalue weighted by atomic mass is 35.5. The summed E-state index contributed by atoms with van der Waals surface area (Å²) in [4.78, 5) is 13.4. The van der Waals surface area contributed by atoms with Crippen molar-refractivity contribution in [2.24, 2.45) is 5.92 Å². The number of halogens is 1. The normalized spacial score (nSPS) is 37.0. The minimum atomic E-state index is 0. The van der Waals surface area contributed by atoms with Gasteiger partial charge >= 0.3 is 0 Å². The Morgan fingerprint density at radius 3 is 2.82 bits per heavy atom. The molecule has 1 aliphatic carbocycles. The monoisotopic (exact) mass is 175 g/mol. The van der Waals surface area contributed by atoms with Gasteiger partial charge < -0.3 is 4.90 Å². The van der Waals surface area contributed by atoms with Crippen molar-refractivity contribution in [2.75, 3.05) is 13.6 Å². The van der Waals surface area contributed by atoms with Gasteiger partial charge in [0.05, 0.1) is 0 Å². The van der Waals surface area contributed by atoms with Gasteiger partial charge in [-0.15, -0.1) is 12.4 Å². The van der Waals surface area contributed by atoms with Crippen LogP contribution in [0.5, 0.6) is 0 Å². The molecular weight excluding hydrogens is 162 g/mol. The molecule has 1 saturated carbocycles. The van der Waals surface area contributed by atoms with Gasteiger partial charge in [-0.1, -0.05) is 0 Å². The lowest BCUT2D eigenvalue weighted by Crippen LogP contribution is -2.26. The van der Waals surface area contributed by atoms with Crippen molar-refractivity contribution in [3.63, 3.8) is 0 Å². The Morgan fingerprint density at radius 1 is 1.45 bits per heavy atom. The van der Waals surface area contributed by atoms with Crippen LogP contribution in [0.25, 0.3) is 0 Å². The van der Waals surface area contributed by atoms with E-state index in [-0.39, 0.29) is 12.4 Å². The maximum atomic E-state index is 11.0. The van der Waals surface area contributed by atoms with Crippen LogP contribution in [0.15, 0.2) is 0 Å². The molecule has 1 saturated heterocycles. The molecule has 1 heterocycles. The molecule has 2 atom stereocenters. The van der Waals surface area contributed by atoms with Crippen molar-refractivity contribution in [3.8, 4) is 0 Å². The van der Waals surface area contributed by atoms with Crippen molar-refractivity contribution >= 4 is 18.2 Å². The predicted octanol–water partition coefficient (Wildman–Crippen LogP) is 1.09. The smallest absolute Gasteiger partial charge is 0.134 e. The van der Waals surface area contributed by atoms with E-state index in [2.05, 4.69) is 11.9 Å². The number of hydrogen-bond donors (Lipinski definition) is 0. The van der Waals surface area contributed by atoms with Crippen molar-refractivity contribution in [2.45, 2.75) is 25.3 Å². The Labute approximate surface area is 73.4 Å². The van der Waals surface area contributed by atoms with Crippen molar-refractivity contribution < 1.29 is 4.79 Å². The summed E-state index contributed by atoms with van der Waals surface area (Å²) in [6, 6.07) is 0.589. The molecule has 2 fully saturated rings. The van der Waals surface area contributed by atoms with Crippen molar-refractivity contribution in [3.05, 3.63) is 0 Å². The molecule has 0 N–H and O–H groups in total. The molecule has 1 aliphatic heterocycles. The van der Waals surface area contributed by atoms with E-state index in [4.69, 9.17) is 0 Å². The molecule has 2 rings (SSSR count). The number of carbonyl (C=O) groups is 1. The lowest BCUT2D eigenvalue weighted by atomic mass is 9.89. The Kier molecular flexibility index (Phi) is 2.55. The largest absolute Gasteiger partial charge is 0.303 e. The molecule has 0 amide bonds. The molecule has 3 heteroatoms. The second-order valence-electron chi connectivity index (χ2n) is 3.64. The van der Waals surface area contributed by atoms with Gasteiger partial charge in [0.2, 0.25) is 0 Å². The van der Waals surface area contributed by atoms with Gasteiger partial charge in [-0.05, 0) is 19.4 Å². The molecule has 0 radical (unpaired) electrons. The minimum absolute atomic E-state index is 0. The molecule has 0 aromatic rings. The summed E-state index contributed by atoms with van der Waals surface area (Å²) in [6.45, 7) is 1.15. The van der Waals surface area contributed by atoms with Crippen LogP contribution in [-0.4, -0.2) is 30.3 Å². The molecule has 0 spiro atoms. The van der Waals surface area contributed by atoms with Crippen molar-refractivity contribution in [1.82, 2.24) is 4.90 Å². The van der Waals surface area contributed by atoms with E-state index < -0.39 is 0 Å². The third-order valence-electron chi connectivity index (χ3n) is 2.75. The van der Waals surface area contributed by atoms with Crippen LogP contribution in [-0.2, 0) is 4.79 Å². The standard InChI is InChI=1S/C8H13NO.ClH/c1-9-5-6-2-7(9)4-8(10)3-6;/h6-7H,2-5H2,1H3;1H. The molecule has 2 bridgehead atoms. The van der Waals surface area contributed by atoms with Crippen LogP contribution >= 0.6 is 12.4 Å². The Morgan fingerprint density at radius 2 is 2.18 bits per heavy atom. The summed E-state index contributed by atoms with van der Waals surface area (Å²) < 4.78 is 0. The summed E-state index contributed by atoms with van der Waals surface area (Å²) in [5.41, 5.74) is 0. The molecule has 11 heavy (non-hydrogen) atoms. The number of nitrogens with zero attached hydrogens (tertiary/aromatic N) is 1. The third-order valence-corrected chi connectivity index (χ3v) is 2.75. The highest BCUT2D eigenvalue weighted by Gasteiger charge is 2.36. The molecule has 2 aliphatic rings. The second kappa shape index (κ2) is 3.11. The predicted molar refractivity (Wildman–Crippen MR) is 46.0 cm³/mol. The number of fused-ring (bicyclic) bond motifs is 2. The maximum absolute atomic E-state index is 11.0. The van der Waals surface area contributed by atoms with Gasteiger partial charge in [-0.25, -0.2) is 0 Å². The topological polar surface area (TPSA) is 20.3 Å². The quantitative estimate of drug-likeness (QED) is 0.550. The zero-order valence-electron chi connectivity index (χ0n) is 6.75. The number of likely N-dealkylation sites (tertiary alicyclic amines) is 1. The van der Waals surface area contributed by atoms with Crippen LogP contribution in [0.3, 0.4) is 0 Å².